The molecule has 1 unspecified atom stereocenters. The van der Waals surface area contributed by atoms with Crippen molar-refractivity contribution in [1.82, 2.24) is 15.2 Å². The molecule has 2 aliphatic rings. The summed E-state index contributed by atoms with van der Waals surface area (Å²) in [5.41, 5.74) is 1.17. The van der Waals surface area contributed by atoms with E-state index in [4.69, 9.17) is 4.99 Å². The molecule has 24 heavy (non-hydrogen) atoms. The van der Waals surface area contributed by atoms with Crippen LogP contribution >= 0.6 is 0 Å². The van der Waals surface area contributed by atoms with Crippen molar-refractivity contribution in [3.63, 3.8) is 0 Å². The van der Waals surface area contributed by atoms with Gasteiger partial charge >= 0.3 is 0 Å². The molecule has 0 amide bonds. The van der Waals surface area contributed by atoms with E-state index >= 15 is 0 Å². The fraction of sp³-hybridized carbons (Fsp3) is 0.706. The van der Waals surface area contributed by atoms with E-state index in [9.17, 15) is 8.42 Å². The van der Waals surface area contributed by atoms with Crippen molar-refractivity contribution in [2.45, 2.75) is 44.7 Å². The molecule has 3 rings (SSSR count). The van der Waals surface area contributed by atoms with Crippen molar-refractivity contribution in [1.29, 1.82) is 0 Å². The standard InChI is InChI=1S/C17H28N4O2S/c1-21-8-6-14(12-21)10-18-17(20-16-4-2-3-5-16)19-11-15-7-9-24(22,23)13-15/h6,8,12,15-16H,2-5,7,9-11,13H2,1H3,(H2,18,19,20). The molecule has 2 N–H and O–H groups in total. The Morgan fingerprint density at radius 2 is 2.12 bits per heavy atom. The zero-order valence-electron chi connectivity index (χ0n) is 14.4. The van der Waals surface area contributed by atoms with Gasteiger partial charge in [0.05, 0.1) is 18.1 Å². The van der Waals surface area contributed by atoms with Crippen molar-refractivity contribution in [3.8, 4) is 0 Å². The maximum atomic E-state index is 11.6. The maximum absolute atomic E-state index is 11.6. The molecule has 2 fully saturated rings. The van der Waals surface area contributed by atoms with Gasteiger partial charge in [0.2, 0.25) is 0 Å². The Morgan fingerprint density at radius 1 is 1.33 bits per heavy atom. The molecule has 0 aromatic carbocycles. The number of nitrogens with one attached hydrogen (secondary N) is 2. The number of hydrogen-bond acceptors (Lipinski definition) is 3. The van der Waals surface area contributed by atoms with E-state index in [1.54, 1.807) is 0 Å². The predicted octanol–water partition coefficient (Wildman–Crippen LogP) is 1.44. The van der Waals surface area contributed by atoms with Crippen LogP contribution in [0.3, 0.4) is 0 Å². The van der Waals surface area contributed by atoms with Crippen molar-refractivity contribution in [2.24, 2.45) is 18.0 Å². The molecular formula is C17H28N4O2S. The van der Waals surface area contributed by atoms with E-state index in [0.717, 1.165) is 12.4 Å². The average molecular weight is 353 g/mol. The summed E-state index contributed by atoms with van der Waals surface area (Å²) < 4.78 is 25.2. The van der Waals surface area contributed by atoms with Gasteiger partial charge in [0, 0.05) is 32.0 Å². The summed E-state index contributed by atoms with van der Waals surface area (Å²) in [4.78, 5) is 4.70. The Morgan fingerprint density at radius 3 is 2.75 bits per heavy atom. The molecule has 1 aliphatic heterocycles. The summed E-state index contributed by atoms with van der Waals surface area (Å²) in [6, 6.07) is 2.56. The van der Waals surface area contributed by atoms with Gasteiger partial charge in [0.15, 0.2) is 15.8 Å². The van der Waals surface area contributed by atoms with Gasteiger partial charge in [0.1, 0.15) is 0 Å². The highest BCUT2D eigenvalue weighted by atomic mass is 32.2. The molecule has 1 aromatic heterocycles. The number of hydrogen-bond donors (Lipinski definition) is 2. The van der Waals surface area contributed by atoms with Gasteiger partial charge in [-0.2, -0.15) is 0 Å². The third-order valence-electron chi connectivity index (χ3n) is 4.89. The van der Waals surface area contributed by atoms with Crippen LogP contribution < -0.4 is 10.6 Å². The summed E-state index contributed by atoms with van der Waals surface area (Å²) in [6.45, 7) is 1.30. The van der Waals surface area contributed by atoms with Gasteiger partial charge in [-0.1, -0.05) is 12.8 Å². The first-order chi connectivity index (χ1) is 11.5. The molecule has 1 aromatic rings. The van der Waals surface area contributed by atoms with E-state index < -0.39 is 9.84 Å². The highest BCUT2D eigenvalue weighted by molar-refractivity contribution is 7.91. The van der Waals surface area contributed by atoms with E-state index in [0.29, 0.717) is 30.6 Å². The molecule has 1 saturated heterocycles. The largest absolute Gasteiger partial charge is 0.357 e. The second kappa shape index (κ2) is 7.59. The number of sulfone groups is 1. The molecule has 0 bridgehead atoms. The van der Waals surface area contributed by atoms with E-state index in [1.165, 1.54) is 31.2 Å². The van der Waals surface area contributed by atoms with Crippen LogP contribution in [0.15, 0.2) is 23.5 Å². The van der Waals surface area contributed by atoms with Crippen LogP contribution in [0.25, 0.3) is 0 Å². The summed E-state index contributed by atoms with van der Waals surface area (Å²) >= 11 is 0. The van der Waals surface area contributed by atoms with Crippen LogP contribution in [0.5, 0.6) is 0 Å². The Labute approximate surface area is 144 Å². The van der Waals surface area contributed by atoms with Gasteiger partial charge in [-0.3, -0.25) is 0 Å². The number of aromatic nitrogens is 1. The smallest absolute Gasteiger partial charge is 0.191 e. The maximum Gasteiger partial charge on any atom is 0.191 e. The number of guanidine groups is 1. The average Bonchev–Trinajstić information content (AvgIpc) is 3.24. The van der Waals surface area contributed by atoms with Crippen LogP contribution in [0.1, 0.15) is 37.7 Å². The molecule has 1 saturated carbocycles. The first-order valence-corrected chi connectivity index (χ1v) is 10.7. The summed E-state index contributed by atoms with van der Waals surface area (Å²) in [5, 5.41) is 6.89. The van der Waals surface area contributed by atoms with Gasteiger partial charge < -0.3 is 15.2 Å². The van der Waals surface area contributed by atoms with Crippen LogP contribution in [-0.2, 0) is 23.4 Å². The number of aryl methyl sites for hydroxylation is 1. The monoisotopic (exact) mass is 352 g/mol. The predicted molar refractivity (Wildman–Crippen MR) is 96.7 cm³/mol. The molecular weight excluding hydrogens is 324 g/mol. The topological polar surface area (TPSA) is 75.5 Å². The van der Waals surface area contributed by atoms with Crippen molar-refractivity contribution < 1.29 is 8.42 Å². The molecule has 7 heteroatoms. The molecule has 1 atom stereocenters. The second-order valence-electron chi connectivity index (χ2n) is 7.13. The lowest BCUT2D eigenvalue weighted by atomic mass is 10.1. The van der Waals surface area contributed by atoms with Crippen molar-refractivity contribution in [3.05, 3.63) is 24.0 Å². The summed E-state index contributed by atoms with van der Waals surface area (Å²) in [6.07, 6.45) is 9.75. The Hall–Kier alpha value is -1.50. The Bertz CT molecular complexity index is 675. The Kier molecular flexibility index (Phi) is 5.48. The lowest BCUT2D eigenvalue weighted by Crippen LogP contribution is -2.44. The van der Waals surface area contributed by atoms with Crippen LogP contribution in [0.2, 0.25) is 0 Å². The number of nitrogens with zero attached hydrogens (tertiary/aromatic N) is 2. The Balaban J connectivity index is 1.58. The molecule has 0 radical (unpaired) electrons. The lowest BCUT2D eigenvalue weighted by molar-refractivity contribution is 0.553. The minimum absolute atomic E-state index is 0.197. The van der Waals surface area contributed by atoms with E-state index in [-0.39, 0.29) is 5.92 Å². The highest BCUT2D eigenvalue weighted by Crippen LogP contribution is 2.19. The molecule has 1 aliphatic carbocycles. The summed E-state index contributed by atoms with van der Waals surface area (Å²) in [7, 11) is -0.818. The van der Waals surface area contributed by atoms with Crippen molar-refractivity contribution >= 4 is 15.8 Å². The zero-order valence-corrected chi connectivity index (χ0v) is 15.2. The highest BCUT2D eigenvalue weighted by Gasteiger charge is 2.28. The third-order valence-corrected chi connectivity index (χ3v) is 6.73. The second-order valence-corrected chi connectivity index (χ2v) is 9.35. The first kappa shape index (κ1) is 17.3. The van der Waals surface area contributed by atoms with Crippen LogP contribution in [0, 0.1) is 5.92 Å². The van der Waals surface area contributed by atoms with Crippen molar-refractivity contribution in [2.75, 3.05) is 18.1 Å². The number of rotatable bonds is 5. The van der Waals surface area contributed by atoms with E-state index in [1.807, 2.05) is 17.8 Å². The van der Waals surface area contributed by atoms with E-state index in [2.05, 4.69) is 22.9 Å². The molecule has 2 heterocycles. The van der Waals surface area contributed by atoms with Crippen LogP contribution in [0.4, 0.5) is 0 Å². The quantitative estimate of drug-likeness (QED) is 0.621. The minimum Gasteiger partial charge on any atom is -0.357 e. The fourth-order valence-corrected chi connectivity index (χ4v) is 5.38. The SMILES string of the molecule is Cn1ccc(CN=C(NCC2CCS(=O)(=O)C2)NC2CCCC2)c1. The first-order valence-electron chi connectivity index (χ1n) is 8.86. The third kappa shape index (κ3) is 5.00. The molecule has 6 nitrogen and oxygen atoms in total. The normalized spacial score (nSPS) is 24.4. The minimum atomic E-state index is -2.82. The lowest BCUT2D eigenvalue weighted by Gasteiger charge is -2.19. The number of aliphatic imine (C=N–C) groups is 1. The van der Waals surface area contributed by atoms with Gasteiger partial charge in [-0.25, -0.2) is 13.4 Å². The van der Waals surface area contributed by atoms with Gasteiger partial charge in [-0.05, 0) is 36.8 Å². The van der Waals surface area contributed by atoms with Gasteiger partial charge in [0.25, 0.3) is 0 Å². The summed E-state index contributed by atoms with van der Waals surface area (Å²) in [5.74, 6) is 1.64. The zero-order chi connectivity index (χ0) is 17.0. The van der Waals surface area contributed by atoms with Crippen LogP contribution in [-0.4, -0.2) is 43.0 Å². The molecule has 0 spiro atoms. The molecule has 134 valence electrons. The fourth-order valence-electron chi connectivity index (χ4n) is 3.51. The van der Waals surface area contributed by atoms with Gasteiger partial charge in [-0.15, -0.1) is 0 Å².